The van der Waals surface area contributed by atoms with Crippen molar-refractivity contribution in [2.45, 2.75) is 86.9 Å². The average Bonchev–Trinajstić information content (AvgIpc) is 3.82. The van der Waals surface area contributed by atoms with E-state index in [2.05, 4.69) is 19.9 Å². The van der Waals surface area contributed by atoms with Crippen LogP contribution in [-0.4, -0.2) is 38.4 Å². The molecule has 5 aromatic rings. The highest BCUT2D eigenvalue weighted by molar-refractivity contribution is 8.01. The van der Waals surface area contributed by atoms with Gasteiger partial charge in [-0.15, -0.1) is 11.3 Å². The number of aromatic nitrogens is 1. The van der Waals surface area contributed by atoms with Crippen molar-refractivity contribution in [3.05, 3.63) is 117 Å². The molecule has 272 valence electrons. The Labute approximate surface area is 313 Å². The maximum absolute atomic E-state index is 14.5. The van der Waals surface area contributed by atoms with Crippen LogP contribution in [0, 0.1) is 5.41 Å². The molecule has 3 aliphatic carbocycles. The summed E-state index contributed by atoms with van der Waals surface area (Å²) in [6.45, 7) is 4.21. The fourth-order valence-electron chi connectivity index (χ4n) is 7.90. The van der Waals surface area contributed by atoms with Crippen LogP contribution in [-0.2, 0) is 12.6 Å². The van der Waals surface area contributed by atoms with Gasteiger partial charge in [0.05, 0.1) is 32.5 Å². The molecule has 1 saturated carbocycles. The van der Waals surface area contributed by atoms with Crippen molar-refractivity contribution in [3.8, 4) is 11.3 Å². The molecule has 4 atom stereocenters. The number of thiazole rings is 1. The van der Waals surface area contributed by atoms with E-state index in [0.717, 1.165) is 50.7 Å². The molecule has 2 N–H and O–H groups in total. The third kappa shape index (κ3) is 7.25. The normalized spacial score (nSPS) is 24.1. The van der Waals surface area contributed by atoms with E-state index in [1.807, 2.05) is 42.5 Å². The molecule has 8 rings (SSSR count). The number of para-hydroxylation sites is 1. The van der Waals surface area contributed by atoms with Gasteiger partial charge < -0.3 is 14.6 Å². The lowest BCUT2D eigenvalue weighted by Crippen LogP contribution is -2.46. The first kappa shape index (κ1) is 36.9. The van der Waals surface area contributed by atoms with Gasteiger partial charge in [-0.3, -0.25) is 4.79 Å². The van der Waals surface area contributed by atoms with Crippen LogP contribution in [0.2, 0.25) is 5.02 Å². The number of allylic oxidation sites excluding steroid dienone is 2. The number of benzene rings is 3. The molecule has 0 radical (unpaired) electrons. The minimum absolute atomic E-state index is 0.0319. The number of fused-ring (bicyclic) bond motifs is 9. The molecular formula is C41H39ClF3NO4S2. The summed E-state index contributed by atoms with van der Waals surface area (Å²) in [5.74, 6) is -0.178. The molecule has 11 heteroatoms. The van der Waals surface area contributed by atoms with E-state index >= 15 is 0 Å². The van der Waals surface area contributed by atoms with Crippen LogP contribution in [0.3, 0.4) is 0 Å². The molecule has 2 aromatic heterocycles. The van der Waals surface area contributed by atoms with Gasteiger partial charge in [-0.1, -0.05) is 66.2 Å². The number of carbonyl (C=O) groups is 1. The number of ketones is 1. The van der Waals surface area contributed by atoms with Crippen LogP contribution < -0.4 is 0 Å². The second-order valence-corrected chi connectivity index (χ2v) is 17.0. The molecule has 52 heavy (non-hydrogen) atoms. The number of nitrogens with zero attached hydrogens (tertiary/aromatic N) is 1. The maximum atomic E-state index is 14.5. The van der Waals surface area contributed by atoms with E-state index in [1.54, 1.807) is 23.1 Å². The van der Waals surface area contributed by atoms with Gasteiger partial charge in [0, 0.05) is 22.3 Å². The standard InChI is InChI=1S/C41H39ClF3NO4S2/c1-24-6-5-18-39(2)31(17-19-40(39,49)23-51-38-46-33-7-3-4-8-36(33)52-38)28-13-10-25(20-27(47)12-9-24)21-29(28)37(48)35-16-15-34(50-35)30-22-26(41(43,44)45)11-14-32(30)42/h3-4,6-8,10-11,13-16,21-22,27,31,47,49H,5,9,12,17-20,23H2,1-2H3/t27-,31-,39-,40+/m0/s1. The summed E-state index contributed by atoms with van der Waals surface area (Å²) in [7, 11) is 0. The number of halogens is 4. The number of hydrogen-bond donors (Lipinski definition) is 2. The zero-order chi connectivity index (χ0) is 36.8. The van der Waals surface area contributed by atoms with Gasteiger partial charge in [-0.05, 0) is 117 Å². The fraction of sp³-hybridized carbons (Fsp3) is 0.366. The molecule has 0 aliphatic heterocycles. The fourth-order valence-corrected chi connectivity index (χ4v) is 10.5. The predicted molar refractivity (Wildman–Crippen MR) is 201 cm³/mol. The lowest BCUT2D eigenvalue weighted by atomic mass is 9.65. The SMILES string of the molecule is CC1=CCC[C@@]2(C)[C@@H](CC[C@@]2(O)CSc2nc3ccccc3s2)c2ccc(cc2C(=O)c2ccc(-c3cc(C(F)(F)F)ccc3Cl)o2)C[C@@H](O)CC1. The van der Waals surface area contributed by atoms with Crippen molar-refractivity contribution in [1.29, 1.82) is 0 Å². The molecule has 3 aromatic carbocycles. The first-order valence-corrected chi connectivity index (χ1v) is 19.6. The maximum Gasteiger partial charge on any atom is 0.416 e. The van der Waals surface area contributed by atoms with E-state index in [1.165, 1.54) is 23.8 Å². The number of carbonyl (C=O) groups excluding carboxylic acids is 1. The van der Waals surface area contributed by atoms with Gasteiger partial charge in [0.1, 0.15) is 5.76 Å². The van der Waals surface area contributed by atoms with Crippen molar-refractivity contribution in [3.63, 3.8) is 0 Å². The monoisotopic (exact) mass is 765 g/mol. The highest BCUT2D eigenvalue weighted by atomic mass is 35.5. The van der Waals surface area contributed by atoms with Crippen LogP contribution in [0.5, 0.6) is 0 Å². The Bertz CT molecular complexity index is 2130. The minimum Gasteiger partial charge on any atom is -0.453 e. The number of thioether (sulfide) groups is 1. The Morgan fingerprint density at radius 1 is 1.08 bits per heavy atom. The van der Waals surface area contributed by atoms with E-state index in [9.17, 15) is 28.2 Å². The summed E-state index contributed by atoms with van der Waals surface area (Å²) < 4.78 is 48.6. The second-order valence-electron chi connectivity index (χ2n) is 14.4. The molecule has 3 aliphatic rings. The van der Waals surface area contributed by atoms with E-state index in [0.29, 0.717) is 43.4 Å². The van der Waals surface area contributed by atoms with Gasteiger partial charge in [0.25, 0.3) is 0 Å². The Kier molecular flexibility index (Phi) is 10.3. The molecule has 0 unspecified atom stereocenters. The topological polar surface area (TPSA) is 83.6 Å². The second kappa shape index (κ2) is 14.4. The number of alkyl halides is 3. The first-order chi connectivity index (χ1) is 24.7. The largest absolute Gasteiger partial charge is 0.453 e. The van der Waals surface area contributed by atoms with E-state index in [-0.39, 0.29) is 28.0 Å². The third-order valence-corrected chi connectivity index (χ3v) is 13.7. The van der Waals surface area contributed by atoms with Crippen molar-refractivity contribution >= 4 is 50.7 Å². The summed E-state index contributed by atoms with van der Waals surface area (Å²) in [5.41, 5.74) is 1.53. The molecule has 1 fully saturated rings. The van der Waals surface area contributed by atoms with Gasteiger partial charge in [-0.25, -0.2) is 4.98 Å². The van der Waals surface area contributed by atoms with Crippen molar-refractivity contribution in [1.82, 2.24) is 4.98 Å². The Balaban J connectivity index is 1.27. The van der Waals surface area contributed by atoms with E-state index < -0.39 is 34.6 Å². The number of furan rings is 1. The molecule has 5 nitrogen and oxygen atoms in total. The molecule has 0 amide bonds. The van der Waals surface area contributed by atoms with Gasteiger partial charge in [0.15, 0.2) is 10.1 Å². The molecule has 0 saturated heterocycles. The zero-order valence-corrected chi connectivity index (χ0v) is 31.2. The Hall–Kier alpha value is -3.41. The summed E-state index contributed by atoms with van der Waals surface area (Å²) in [6, 6.07) is 19.6. The minimum atomic E-state index is -4.58. The van der Waals surface area contributed by atoms with Crippen LogP contribution in [0.1, 0.15) is 91.1 Å². The van der Waals surface area contributed by atoms with Gasteiger partial charge >= 0.3 is 6.18 Å². The molecule has 2 bridgehead atoms. The lowest BCUT2D eigenvalue weighted by molar-refractivity contribution is -0.137. The van der Waals surface area contributed by atoms with Crippen LogP contribution >= 0.6 is 34.7 Å². The first-order valence-electron chi connectivity index (χ1n) is 17.4. The summed E-state index contributed by atoms with van der Waals surface area (Å²) in [6.07, 6.45) is 1.22. The molecule has 2 heterocycles. The Morgan fingerprint density at radius 2 is 1.88 bits per heavy atom. The highest BCUT2D eigenvalue weighted by Gasteiger charge is 2.56. The third-order valence-electron chi connectivity index (χ3n) is 11.0. The van der Waals surface area contributed by atoms with Crippen molar-refractivity contribution < 1.29 is 32.6 Å². The number of rotatable bonds is 6. The average molecular weight is 766 g/mol. The summed E-state index contributed by atoms with van der Waals surface area (Å²) in [4.78, 5) is 19.3. The molecule has 0 spiro atoms. The smallest absolute Gasteiger partial charge is 0.416 e. The van der Waals surface area contributed by atoms with E-state index in [4.69, 9.17) is 21.0 Å². The quantitative estimate of drug-likeness (QED) is 0.102. The van der Waals surface area contributed by atoms with Crippen LogP contribution in [0.25, 0.3) is 21.5 Å². The van der Waals surface area contributed by atoms with Crippen LogP contribution in [0.4, 0.5) is 13.2 Å². The van der Waals surface area contributed by atoms with Crippen molar-refractivity contribution in [2.24, 2.45) is 5.41 Å². The summed E-state index contributed by atoms with van der Waals surface area (Å²) in [5, 5.41) is 23.6. The zero-order valence-electron chi connectivity index (χ0n) is 28.8. The lowest BCUT2D eigenvalue weighted by Gasteiger charge is -2.44. The number of aliphatic hydroxyl groups excluding tert-OH is 1. The van der Waals surface area contributed by atoms with Gasteiger partial charge in [-0.2, -0.15) is 13.2 Å². The highest BCUT2D eigenvalue weighted by Crippen LogP contribution is 2.60. The summed E-state index contributed by atoms with van der Waals surface area (Å²) >= 11 is 9.49. The number of hydrogen-bond acceptors (Lipinski definition) is 7. The Morgan fingerprint density at radius 3 is 2.67 bits per heavy atom. The van der Waals surface area contributed by atoms with Crippen LogP contribution in [0.15, 0.2) is 93.2 Å². The van der Waals surface area contributed by atoms with Crippen molar-refractivity contribution in [2.75, 3.05) is 5.75 Å². The molecular weight excluding hydrogens is 727 g/mol. The van der Waals surface area contributed by atoms with Gasteiger partial charge in [0.2, 0.25) is 5.78 Å². The predicted octanol–water partition coefficient (Wildman–Crippen LogP) is 11.3. The number of aliphatic hydroxyl groups is 2.